The summed E-state index contributed by atoms with van der Waals surface area (Å²) in [6.07, 6.45) is -2.90. The summed E-state index contributed by atoms with van der Waals surface area (Å²) in [7, 11) is 1.40. The fourth-order valence-corrected chi connectivity index (χ4v) is 4.98. The summed E-state index contributed by atoms with van der Waals surface area (Å²) < 4.78 is 12.8. The number of rotatable bonds is 7. The molecule has 1 unspecified atom stereocenters. The summed E-state index contributed by atoms with van der Waals surface area (Å²) in [5.74, 6) is -1.32. The molecule has 4 atom stereocenters. The van der Waals surface area contributed by atoms with E-state index in [4.69, 9.17) is 15.2 Å². The third-order valence-electron chi connectivity index (χ3n) is 7.08. The Morgan fingerprint density at radius 1 is 1.11 bits per heavy atom. The van der Waals surface area contributed by atoms with Crippen molar-refractivity contribution in [1.82, 2.24) is 14.5 Å². The van der Waals surface area contributed by atoms with Gasteiger partial charge >= 0.3 is 6.01 Å². The number of Topliss-reactive ketones (excluding diaryl/α,β-unsaturated/α-hetero) is 2. The van der Waals surface area contributed by atoms with Crippen LogP contribution in [-0.2, 0) is 9.53 Å². The first-order valence-corrected chi connectivity index (χ1v) is 12.1. The number of aryl methyl sites for hydroxylation is 2. The zero-order valence-electron chi connectivity index (χ0n) is 21.2. The average molecular weight is 517 g/mol. The topological polar surface area (TPSA) is 150 Å². The third-order valence-corrected chi connectivity index (χ3v) is 7.08. The SMILES string of the molecule is COc1nc(N)c2ccn([C@H]3C[C@@](O)(C(=O)c4ccccc4C)[C@@H](C(=O)C(O)c4ccccc4C)O3)c2n1. The predicted molar refractivity (Wildman–Crippen MR) is 139 cm³/mol. The van der Waals surface area contributed by atoms with Crippen molar-refractivity contribution in [2.45, 2.75) is 44.3 Å². The Labute approximate surface area is 218 Å². The lowest BCUT2D eigenvalue weighted by molar-refractivity contribution is -0.147. The van der Waals surface area contributed by atoms with Gasteiger partial charge in [0.2, 0.25) is 0 Å². The summed E-state index contributed by atoms with van der Waals surface area (Å²) in [4.78, 5) is 36.0. The number of ether oxygens (including phenoxy) is 2. The molecule has 1 aliphatic rings. The smallest absolute Gasteiger partial charge is 0.320 e. The van der Waals surface area contributed by atoms with Gasteiger partial charge in [0.1, 0.15) is 18.1 Å². The van der Waals surface area contributed by atoms with Gasteiger partial charge in [-0.3, -0.25) is 9.59 Å². The Kier molecular flexibility index (Phi) is 6.47. The van der Waals surface area contributed by atoms with Gasteiger partial charge < -0.3 is 30.0 Å². The number of carbonyl (C=O) groups is 2. The molecule has 196 valence electrons. The molecule has 3 heterocycles. The van der Waals surface area contributed by atoms with E-state index in [1.165, 1.54) is 7.11 Å². The minimum atomic E-state index is -2.27. The number of nitrogen functional groups attached to an aromatic ring is 1. The quantitative estimate of drug-likeness (QED) is 0.315. The molecule has 0 saturated carbocycles. The number of aromatic nitrogens is 3. The molecule has 0 aliphatic carbocycles. The number of nitrogens with two attached hydrogens (primary N) is 1. The van der Waals surface area contributed by atoms with Gasteiger partial charge in [-0.05, 0) is 36.6 Å². The maximum absolute atomic E-state index is 13.8. The van der Waals surface area contributed by atoms with E-state index in [0.717, 1.165) is 0 Å². The van der Waals surface area contributed by atoms with E-state index in [-0.39, 0.29) is 23.8 Å². The van der Waals surface area contributed by atoms with Crippen molar-refractivity contribution in [2.24, 2.45) is 0 Å². The number of anilines is 1. The molecule has 4 N–H and O–H groups in total. The van der Waals surface area contributed by atoms with Crippen LogP contribution in [0.3, 0.4) is 0 Å². The van der Waals surface area contributed by atoms with E-state index in [9.17, 15) is 19.8 Å². The number of nitrogens with zero attached hydrogens (tertiary/aromatic N) is 3. The molecule has 10 nitrogen and oxygen atoms in total. The second-order valence-electron chi connectivity index (χ2n) is 9.46. The molecule has 38 heavy (non-hydrogen) atoms. The number of hydrogen-bond donors (Lipinski definition) is 3. The summed E-state index contributed by atoms with van der Waals surface area (Å²) in [5, 5.41) is 23.5. The van der Waals surface area contributed by atoms with Crippen molar-refractivity contribution in [3.05, 3.63) is 83.0 Å². The van der Waals surface area contributed by atoms with E-state index in [0.29, 0.717) is 27.7 Å². The minimum absolute atomic E-state index is 0.0294. The molecule has 0 radical (unpaired) electrons. The van der Waals surface area contributed by atoms with Crippen LogP contribution in [0, 0.1) is 13.8 Å². The molecule has 1 saturated heterocycles. The highest BCUT2D eigenvalue weighted by Crippen LogP contribution is 2.43. The van der Waals surface area contributed by atoms with E-state index < -0.39 is 35.6 Å². The highest BCUT2D eigenvalue weighted by atomic mass is 16.5. The van der Waals surface area contributed by atoms with Crippen molar-refractivity contribution in [1.29, 1.82) is 0 Å². The van der Waals surface area contributed by atoms with Gasteiger partial charge in [0.25, 0.3) is 0 Å². The second-order valence-corrected chi connectivity index (χ2v) is 9.46. The first-order valence-electron chi connectivity index (χ1n) is 12.1. The molecule has 5 rings (SSSR count). The van der Waals surface area contributed by atoms with Crippen LogP contribution in [-0.4, -0.2) is 55.1 Å². The monoisotopic (exact) mass is 516 g/mol. The number of benzene rings is 2. The molecular weight excluding hydrogens is 488 g/mol. The van der Waals surface area contributed by atoms with E-state index in [1.54, 1.807) is 79.2 Å². The lowest BCUT2D eigenvalue weighted by Crippen LogP contribution is -2.51. The van der Waals surface area contributed by atoms with Crippen LogP contribution < -0.4 is 10.5 Å². The maximum Gasteiger partial charge on any atom is 0.320 e. The zero-order valence-corrected chi connectivity index (χ0v) is 21.2. The van der Waals surface area contributed by atoms with Gasteiger partial charge in [0.05, 0.1) is 12.5 Å². The number of aliphatic hydroxyl groups is 2. The number of hydrogen-bond acceptors (Lipinski definition) is 9. The van der Waals surface area contributed by atoms with Gasteiger partial charge in [0.15, 0.2) is 28.9 Å². The summed E-state index contributed by atoms with van der Waals surface area (Å²) in [5.41, 5.74) is 6.08. The number of fused-ring (bicyclic) bond motifs is 1. The van der Waals surface area contributed by atoms with Crippen LogP contribution in [0.5, 0.6) is 6.01 Å². The fourth-order valence-electron chi connectivity index (χ4n) is 4.98. The molecule has 1 fully saturated rings. The summed E-state index contributed by atoms with van der Waals surface area (Å²) in [6.45, 7) is 3.51. The molecule has 2 aromatic carbocycles. The minimum Gasteiger partial charge on any atom is -0.467 e. The standard InChI is InChI=1S/C28H28N4O6/c1-15-8-4-6-10-17(15)21(33)22(34)24-28(36,23(35)18-11-7-5-9-16(18)2)14-20(38-24)32-13-12-19-25(29)30-27(37-3)31-26(19)32/h4-13,20-21,24,33,36H,14H2,1-3H3,(H2,29,30,31)/t20-,21?,24-,28-/m1/s1. The number of methoxy groups -OCH3 is 1. The fraction of sp³-hybridized carbons (Fsp3) is 0.286. The number of carbonyl (C=O) groups excluding carboxylic acids is 2. The highest BCUT2D eigenvalue weighted by Gasteiger charge is 2.58. The van der Waals surface area contributed by atoms with Crippen molar-refractivity contribution >= 4 is 28.4 Å². The van der Waals surface area contributed by atoms with E-state index in [1.807, 2.05) is 0 Å². The Balaban J connectivity index is 1.60. The van der Waals surface area contributed by atoms with Gasteiger partial charge in [-0.15, -0.1) is 0 Å². The van der Waals surface area contributed by atoms with Gasteiger partial charge in [-0.25, -0.2) is 0 Å². The van der Waals surface area contributed by atoms with Crippen LogP contribution in [0.4, 0.5) is 5.82 Å². The molecule has 2 aromatic heterocycles. The van der Waals surface area contributed by atoms with E-state index >= 15 is 0 Å². The molecule has 0 spiro atoms. The predicted octanol–water partition coefficient (Wildman–Crippen LogP) is 2.84. The van der Waals surface area contributed by atoms with Crippen LogP contribution in [0.2, 0.25) is 0 Å². The highest BCUT2D eigenvalue weighted by molar-refractivity contribution is 6.08. The molecule has 1 aliphatic heterocycles. The van der Waals surface area contributed by atoms with Crippen molar-refractivity contribution in [3.63, 3.8) is 0 Å². The zero-order chi connectivity index (χ0) is 27.2. The van der Waals surface area contributed by atoms with Gasteiger partial charge in [-0.1, -0.05) is 48.5 Å². The van der Waals surface area contributed by atoms with Crippen molar-refractivity contribution in [2.75, 3.05) is 12.8 Å². The second kappa shape index (κ2) is 9.64. The lowest BCUT2D eigenvalue weighted by Gasteiger charge is -2.28. The number of aliphatic hydroxyl groups excluding tert-OH is 1. The van der Waals surface area contributed by atoms with Gasteiger partial charge in [-0.2, -0.15) is 9.97 Å². The molecule has 4 aromatic rings. The van der Waals surface area contributed by atoms with Crippen LogP contribution in [0.25, 0.3) is 11.0 Å². The normalized spacial score (nSPS) is 21.9. The maximum atomic E-state index is 13.8. The lowest BCUT2D eigenvalue weighted by atomic mass is 9.81. The first-order chi connectivity index (χ1) is 18.2. The average Bonchev–Trinajstić information content (AvgIpc) is 3.50. The number of ketones is 2. The Morgan fingerprint density at radius 3 is 2.47 bits per heavy atom. The molecule has 0 amide bonds. The summed E-state index contributed by atoms with van der Waals surface area (Å²) in [6, 6.07) is 15.4. The van der Waals surface area contributed by atoms with Crippen molar-refractivity contribution in [3.8, 4) is 6.01 Å². The molecular formula is C28H28N4O6. The molecule has 0 bridgehead atoms. The molecule has 10 heteroatoms. The van der Waals surface area contributed by atoms with E-state index in [2.05, 4.69) is 9.97 Å². The summed E-state index contributed by atoms with van der Waals surface area (Å²) >= 11 is 0. The van der Waals surface area contributed by atoms with Crippen LogP contribution >= 0.6 is 0 Å². The first kappa shape index (κ1) is 25.5. The Hall–Kier alpha value is -4.12. The third kappa shape index (κ3) is 4.12. The Bertz CT molecular complexity index is 1550. The van der Waals surface area contributed by atoms with Crippen LogP contribution in [0.1, 0.15) is 45.8 Å². The van der Waals surface area contributed by atoms with Gasteiger partial charge in [0, 0.05) is 18.2 Å². The van der Waals surface area contributed by atoms with Crippen LogP contribution in [0.15, 0.2) is 60.8 Å². The largest absolute Gasteiger partial charge is 0.467 e. The Morgan fingerprint density at radius 2 is 1.79 bits per heavy atom. The van der Waals surface area contributed by atoms with Crippen molar-refractivity contribution < 1.29 is 29.3 Å².